The van der Waals surface area contributed by atoms with E-state index >= 15 is 0 Å². The molecule has 0 aliphatic carbocycles. The molecule has 57 heavy (non-hydrogen) atoms. The minimum atomic E-state index is -0.722. The third-order valence-electron chi connectivity index (χ3n) is 13.4. The van der Waals surface area contributed by atoms with Gasteiger partial charge in [0.1, 0.15) is 23.5 Å². The van der Waals surface area contributed by atoms with Crippen molar-refractivity contribution in [2.75, 3.05) is 45.9 Å². The Kier molecular flexibility index (Phi) is 12.1. The molecule has 5 N–H and O–H groups in total. The fourth-order valence-corrected chi connectivity index (χ4v) is 10.2. The number of hydrogen-bond donors (Lipinski definition) is 4. The van der Waals surface area contributed by atoms with Gasteiger partial charge in [-0.3, -0.25) is 15.1 Å². The van der Waals surface area contributed by atoms with Gasteiger partial charge in [-0.2, -0.15) is 0 Å². The molecule has 2 unspecified atom stereocenters. The summed E-state index contributed by atoms with van der Waals surface area (Å²) >= 11 is 0. The van der Waals surface area contributed by atoms with Gasteiger partial charge in [0.15, 0.2) is 0 Å². The number of nitrogens with zero attached hydrogens (tertiary/aromatic N) is 2. The number of nitrogens with one attached hydrogen (secondary N) is 1. The highest BCUT2D eigenvalue weighted by atomic mass is 19.1. The molecule has 0 bridgehead atoms. The predicted octanol–water partition coefficient (Wildman–Crippen LogP) is 7.73. The highest BCUT2D eigenvalue weighted by Gasteiger charge is 2.55. The maximum absolute atomic E-state index is 14.8. The van der Waals surface area contributed by atoms with Crippen molar-refractivity contribution in [3.8, 4) is 11.5 Å². The van der Waals surface area contributed by atoms with E-state index in [9.17, 15) is 14.6 Å². The van der Waals surface area contributed by atoms with E-state index in [0.717, 1.165) is 97.4 Å². The second-order valence-corrected chi connectivity index (χ2v) is 16.8. The zero-order valence-electron chi connectivity index (χ0n) is 33.5. The molecular formula is C48H59FN4O4. The van der Waals surface area contributed by atoms with Crippen molar-refractivity contribution in [1.82, 2.24) is 15.1 Å². The number of phenolic OH excluding ortho intramolecular Hbond substituents is 2. The highest BCUT2D eigenvalue weighted by Crippen LogP contribution is 2.51. The Bertz CT molecular complexity index is 2030. The molecule has 2 saturated heterocycles. The third kappa shape index (κ3) is 8.29. The van der Waals surface area contributed by atoms with Gasteiger partial charge < -0.3 is 25.4 Å². The quantitative estimate of drug-likeness (QED) is 0.123. The molecule has 4 aliphatic rings. The van der Waals surface area contributed by atoms with Crippen LogP contribution in [0.4, 0.5) is 4.39 Å². The molecule has 9 heteroatoms. The SMILES string of the molecule is Cc1ccc2c(c1O)CCOC2NC(C1CCN(Cc2ccccc2F)CC1)[C@@]1(C2CCN(CC=Cc3ccccc3)CC2)Cc2c(ccc(C)c2O)[C@H](CN)O1. The molecule has 8 nitrogen and oxygen atoms in total. The standard InChI is InChI=1S/C48H59FN4O4/c1-32-15-17-40-39(44(32)54)22-28-56-47(40)51-46(35-18-24-53(25-19-35)31-36-12-6-7-13-42(36)49)48(29-41-38(43(30-50)57-48)16-14-33(2)45(41)55)37-20-26-52(27-21-37)23-8-11-34-9-4-3-5-10-34/h3-17,35,37,43,46-47,51,54-55H,18-31,50H2,1-2H3/t43-,46?,47?,48-/m0/s1. The fraction of sp³-hybridized carbons (Fsp3) is 0.458. The lowest BCUT2D eigenvalue weighted by Crippen LogP contribution is -2.66. The number of halogens is 1. The van der Waals surface area contributed by atoms with Gasteiger partial charge in [-0.05, 0) is 112 Å². The van der Waals surface area contributed by atoms with Crippen LogP contribution < -0.4 is 11.1 Å². The summed E-state index contributed by atoms with van der Waals surface area (Å²) in [5.74, 6) is 0.866. The van der Waals surface area contributed by atoms with Crippen LogP contribution in [0.1, 0.15) is 82.5 Å². The van der Waals surface area contributed by atoms with Crippen LogP contribution in [0.15, 0.2) is 84.9 Å². The fourth-order valence-electron chi connectivity index (χ4n) is 10.2. The molecule has 0 aromatic heterocycles. The van der Waals surface area contributed by atoms with Gasteiger partial charge in [0, 0.05) is 54.4 Å². The van der Waals surface area contributed by atoms with Crippen LogP contribution >= 0.6 is 0 Å². The van der Waals surface area contributed by atoms with Gasteiger partial charge in [-0.25, -0.2) is 4.39 Å². The summed E-state index contributed by atoms with van der Waals surface area (Å²) in [5.41, 5.74) is 13.3. The van der Waals surface area contributed by atoms with Crippen molar-refractivity contribution >= 4 is 6.08 Å². The molecule has 4 atom stereocenters. The Morgan fingerprint density at radius 1 is 0.842 bits per heavy atom. The van der Waals surface area contributed by atoms with E-state index < -0.39 is 11.8 Å². The lowest BCUT2D eigenvalue weighted by atomic mass is 9.65. The molecule has 4 heterocycles. The first kappa shape index (κ1) is 39.7. The first-order valence-electron chi connectivity index (χ1n) is 21.0. The molecule has 4 aromatic rings. The molecule has 8 rings (SSSR count). The second kappa shape index (κ2) is 17.4. The van der Waals surface area contributed by atoms with Crippen molar-refractivity contribution in [2.24, 2.45) is 17.6 Å². The molecule has 4 aliphatic heterocycles. The topological polar surface area (TPSA) is 103 Å². The number of hydrogen-bond acceptors (Lipinski definition) is 8. The molecule has 0 spiro atoms. The number of benzene rings is 4. The number of fused-ring (bicyclic) bond motifs is 2. The van der Waals surface area contributed by atoms with Crippen molar-refractivity contribution in [3.05, 3.63) is 135 Å². The smallest absolute Gasteiger partial charge is 0.135 e. The number of rotatable bonds is 11. The maximum Gasteiger partial charge on any atom is 0.135 e. The third-order valence-corrected chi connectivity index (χ3v) is 13.4. The van der Waals surface area contributed by atoms with Gasteiger partial charge >= 0.3 is 0 Å². The largest absolute Gasteiger partial charge is 0.507 e. The Morgan fingerprint density at radius 3 is 2.23 bits per heavy atom. The Hall–Kier alpha value is -4.09. The van der Waals surface area contributed by atoms with E-state index in [0.29, 0.717) is 44.0 Å². The minimum Gasteiger partial charge on any atom is -0.507 e. The highest BCUT2D eigenvalue weighted by molar-refractivity contribution is 5.50. The lowest BCUT2D eigenvalue weighted by molar-refractivity contribution is -0.186. The molecular weight excluding hydrogens is 716 g/mol. The maximum atomic E-state index is 14.8. The number of piperidine rings is 2. The number of phenols is 2. The van der Waals surface area contributed by atoms with Crippen LogP contribution in [0, 0.1) is 31.5 Å². The Morgan fingerprint density at radius 2 is 1.51 bits per heavy atom. The second-order valence-electron chi connectivity index (χ2n) is 16.8. The van der Waals surface area contributed by atoms with Crippen LogP contribution in [-0.4, -0.2) is 77.5 Å². The molecule has 0 saturated carbocycles. The number of ether oxygens (including phenoxy) is 2. The van der Waals surface area contributed by atoms with E-state index in [1.807, 2.05) is 44.2 Å². The monoisotopic (exact) mass is 774 g/mol. The lowest BCUT2D eigenvalue weighted by Gasteiger charge is -2.56. The van der Waals surface area contributed by atoms with E-state index in [1.54, 1.807) is 12.1 Å². The molecule has 0 radical (unpaired) electrons. The average molecular weight is 775 g/mol. The Balaban J connectivity index is 1.15. The number of aryl methyl sites for hydroxylation is 2. The van der Waals surface area contributed by atoms with E-state index in [2.05, 4.69) is 63.7 Å². The Labute approximate surface area is 337 Å². The van der Waals surface area contributed by atoms with Gasteiger partial charge in [0.05, 0.1) is 18.3 Å². The zero-order chi connectivity index (χ0) is 39.5. The summed E-state index contributed by atoms with van der Waals surface area (Å²) in [6.45, 7) is 9.65. The molecule has 0 amide bonds. The van der Waals surface area contributed by atoms with Crippen LogP contribution in [0.2, 0.25) is 0 Å². The molecule has 4 aromatic carbocycles. The van der Waals surface area contributed by atoms with Crippen molar-refractivity contribution in [1.29, 1.82) is 0 Å². The first-order chi connectivity index (χ1) is 27.7. The summed E-state index contributed by atoms with van der Waals surface area (Å²) in [4.78, 5) is 4.89. The van der Waals surface area contributed by atoms with Crippen molar-refractivity contribution in [2.45, 2.75) is 82.9 Å². The van der Waals surface area contributed by atoms with E-state index in [1.165, 1.54) is 5.56 Å². The van der Waals surface area contributed by atoms with E-state index in [4.69, 9.17) is 15.2 Å². The van der Waals surface area contributed by atoms with Gasteiger partial charge in [-0.15, -0.1) is 0 Å². The minimum absolute atomic E-state index is 0.163. The summed E-state index contributed by atoms with van der Waals surface area (Å²) < 4.78 is 29.0. The number of likely N-dealkylation sites (tertiary alicyclic amines) is 2. The van der Waals surface area contributed by atoms with Gasteiger partial charge in [-0.1, -0.05) is 84.9 Å². The van der Waals surface area contributed by atoms with Crippen molar-refractivity contribution < 1.29 is 24.1 Å². The molecule has 2 fully saturated rings. The number of aromatic hydroxyl groups is 2. The van der Waals surface area contributed by atoms with E-state index in [-0.39, 0.29) is 29.8 Å². The van der Waals surface area contributed by atoms with Crippen LogP contribution in [0.25, 0.3) is 6.08 Å². The van der Waals surface area contributed by atoms with Gasteiger partial charge in [0.2, 0.25) is 0 Å². The van der Waals surface area contributed by atoms with Crippen LogP contribution in [0.3, 0.4) is 0 Å². The predicted molar refractivity (Wildman–Crippen MR) is 223 cm³/mol. The average Bonchev–Trinajstić information content (AvgIpc) is 3.24. The summed E-state index contributed by atoms with van der Waals surface area (Å²) in [5, 5.41) is 27.1. The normalized spacial score (nSPS) is 24.4. The summed E-state index contributed by atoms with van der Waals surface area (Å²) in [6.07, 6.45) is 8.47. The van der Waals surface area contributed by atoms with Crippen molar-refractivity contribution in [3.63, 3.8) is 0 Å². The van der Waals surface area contributed by atoms with Gasteiger partial charge in [0.25, 0.3) is 0 Å². The first-order valence-corrected chi connectivity index (χ1v) is 21.0. The number of nitrogens with two attached hydrogens (primary N) is 1. The summed E-state index contributed by atoms with van der Waals surface area (Å²) in [6, 6.07) is 25.5. The van der Waals surface area contributed by atoms with Crippen LogP contribution in [0.5, 0.6) is 11.5 Å². The summed E-state index contributed by atoms with van der Waals surface area (Å²) in [7, 11) is 0. The molecule has 302 valence electrons. The van der Waals surface area contributed by atoms with Crippen LogP contribution in [-0.2, 0) is 28.9 Å². The zero-order valence-corrected chi connectivity index (χ0v) is 33.5.